The molecule has 0 bridgehead atoms. The van der Waals surface area contributed by atoms with Crippen LogP contribution in [0.15, 0.2) is 9.95 Å². The zero-order chi connectivity index (χ0) is 11.9. The number of aromatic nitrogens is 2. The molecule has 16 heavy (non-hydrogen) atoms. The van der Waals surface area contributed by atoms with Gasteiger partial charge < -0.3 is 5.11 Å². The Kier molecular flexibility index (Phi) is 2.75. The predicted molar refractivity (Wildman–Crippen MR) is 60.0 cm³/mol. The van der Waals surface area contributed by atoms with Crippen molar-refractivity contribution in [3.05, 3.63) is 21.6 Å². The first-order valence-corrected chi connectivity index (χ1v) is 5.93. The van der Waals surface area contributed by atoms with Crippen LogP contribution in [-0.4, -0.2) is 26.4 Å². The fraction of sp³-hybridized carbons (Fsp3) is 0.500. The monoisotopic (exact) mass is 240 g/mol. The number of hydrogen-bond acceptors (Lipinski definition) is 4. The summed E-state index contributed by atoms with van der Waals surface area (Å²) in [5, 5.41) is 9.41. The molecular formula is C10H12N2O3S. The van der Waals surface area contributed by atoms with Gasteiger partial charge in [-0.25, -0.2) is 4.98 Å². The highest BCUT2D eigenvalue weighted by molar-refractivity contribution is 7.99. The summed E-state index contributed by atoms with van der Waals surface area (Å²) in [5.41, 5.74) is 1.21. The van der Waals surface area contributed by atoms with E-state index in [4.69, 9.17) is 5.11 Å². The molecule has 6 heteroatoms. The van der Waals surface area contributed by atoms with Crippen LogP contribution in [0.2, 0.25) is 0 Å². The third kappa shape index (κ3) is 1.73. The van der Waals surface area contributed by atoms with Crippen LogP contribution in [0.25, 0.3) is 0 Å². The molecule has 0 amide bonds. The smallest absolute Gasteiger partial charge is 0.305 e. The van der Waals surface area contributed by atoms with Gasteiger partial charge in [0.2, 0.25) is 0 Å². The van der Waals surface area contributed by atoms with Crippen molar-refractivity contribution >= 4 is 17.7 Å². The normalized spacial score (nSPS) is 18.5. The molecule has 0 fully saturated rings. The topological polar surface area (TPSA) is 72.2 Å². The van der Waals surface area contributed by atoms with Gasteiger partial charge in [0.1, 0.15) is 0 Å². The number of carboxylic acids is 1. The molecule has 0 aliphatic carbocycles. The Hall–Kier alpha value is -1.30. The number of rotatable bonds is 2. The minimum absolute atomic E-state index is 0.0237. The van der Waals surface area contributed by atoms with Crippen LogP contribution in [0.4, 0.5) is 0 Å². The maximum Gasteiger partial charge on any atom is 0.305 e. The van der Waals surface area contributed by atoms with Crippen molar-refractivity contribution in [2.45, 2.75) is 31.5 Å². The van der Waals surface area contributed by atoms with E-state index in [1.165, 1.54) is 16.3 Å². The summed E-state index contributed by atoms with van der Waals surface area (Å²) < 4.78 is 1.52. The van der Waals surface area contributed by atoms with Crippen LogP contribution in [0, 0.1) is 13.8 Å². The van der Waals surface area contributed by atoms with Crippen molar-refractivity contribution in [2.24, 2.45) is 0 Å². The van der Waals surface area contributed by atoms with Gasteiger partial charge in [0.05, 0.1) is 12.5 Å². The second kappa shape index (κ2) is 3.93. The van der Waals surface area contributed by atoms with Gasteiger partial charge in [-0.3, -0.25) is 14.2 Å². The first-order chi connectivity index (χ1) is 7.50. The van der Waals surface area contributed by atoms with E-state index in [0.29, 0.717) is 16.5 Å². The molecule has 1 aliphatic heterocycles. The zero-order valence-corrected chi connectivity index (χ0v) is 9.87. The summed E-state index contributed by atoms with van der Waals surface area (Å²) >= 11 is 1.44. The maximum atomic E-state index is 12.0. The molecule has 0 unspecified atom stereocenters. The number of aliphatic carboxylic acids is 1. The van der Waals surface area contributed by atoms with Gasteiger partial charge >= 0.3 is 5.97 Å². The summed E-state index contributed by atoms with van der Waals surface area (Å²) in [7, 11) is 0. The Balaban J connectivity index is 2.50. The van der Waals surface area contributed by atoms with E-state index >= 15 is 0 Å². The van der Waals surface area contributed by atoms with Crippen LogP contribution < -0.4 is 5.56 Å². The molecule has 0 saturated heterocycles. The van der Waals surface area contributed by atoms with Crippen molar-refractivity contribution in [1.82, 2.24) is 9.55 Å². The number of hydrogen-bond donors (Lipinski definition) is 1. The number of nitrogens with zero attached hydrogens (tertiary/aromatic N) is 2. The molecule has 1 aromatic heterocycles. The van der Waals surface area contributed by atoms with Gasteiger partial charge in [-0.1, -0.05) is 11.8 Å². The van der Waals surface area contributed by atoms with Crippen molar-refractivity contribution in [1.29, 1.82) is 0 Å². The molecule has 0 aromatic carbocycles. The lowest BCUT2D eigenvalue weighted by atomic mass is 10.2. The molecule has 2 rings (SSSR count). The third-order valence-corrected chi connectivity index (χ3v) is 3.83. The lowest BCUT2D eigenvalue weighted by Crippen LogP contribution is -2.28. The number of thioether (sulfide) groups is 1. The highest BCUT2D eigenvalue weighted by atomic mass is 32.2. The van der Waals surface area contributed by atoms with E-state index in [2.05, 4.69) is 4.98 Å². The van der Waals surface area contributed by atoms with Gasteiger partial charge in [-0.05, 0) is 13.8 Å². The zero-order valence-electron chi connectivity index (χ0n) is 9.06. The first kappa shape index (κ1) is 11.2. The molecule has 0 spiro atoms. The van der Waals surface area contributed by atoms with Crippen molar-refractivity contribution in [3.63, 3.8) is 0 Å². The SMILES string of the molecule is Cc1nc2n(c(=O)c1C)[C@@H](CC(=O)O)CS2. The second-order valence-corrected chi connectivity index (χ2v) is 4.83. The van der Waals surface area contributed by atoms with Gasteiger partial charge in [0.25, 0.3) is 5.56 Å². The number of carboxylic acid groups (broad SMARTS) is 1. The molecule has 2 heterocycles. The van der Waals surface area contributed by atoms with E-state index in [-0.39, 0.29) is 18.0 Å². The quantitative estimate of drug-likeness (QED) is 0.780. The second-order valence-electron chi connectivity index (χ2n) is 3.84. The summed E-state index contributed by atoms with van der Waals surface area (Å²) in [6, 6.07) is -0.267. The predicted octanol–water partition coefficient (Wildman–Crippen LogP) is 0.982. The van der Waals surface area contributed by atoms with E-state index < -0.39 is 5.97 Å². The number of fused-ring (bicyclic) bond motifs is 1. The molecule has 0 saturated carbocycles. The highest BCUT2D eigenvalue weighted by Gasteiger charge is 2.28. The average molecular weight is 240 g/mol. The first-order valence-electron chi connectivity index (χ1n) is 4.95. The Labute approximate surface area is 96.5 Å². The minimum Gasteiger partial charge on any atom is -0.481 e. The Morgan fingerprint density at radius 2 is 2.31 bits per heavy atom. The van der Waals surface area contributed by atoms with E-state index in [1.54, 1.807) is 13.8 Å². The molecule has 5 nitrogen and oxygen atoms in total. The van der Waals surface area contributed by atoms with Gasteiger partial charge in [-0.2, -0.15) is 0 Å². The van der Waals surface area contributed by atoms with Gasteiger partial charge in [0.15, 0.2) is 5.16 Å². The summed E-state index contributed by atoms with van der Waals surface area (Å²) in [6.07, 6.45) is -0.0237. The Bertz CT molecular complexity index is 510. The Morgan fingerprint density at radius 1 is 1.62 bits per heavy atom. The lowest BCUT2D eigenvalue weighted by molar-refractivity contribution is -0.137. The molecule has 1 aliphatic rings. The Morgan fingerprint density at radius 3 is 2.94 bits per heavy atom. The summed E-state index contributed by atoms with van der Waals surface area (Å²) in [5.74, 6) is -0.277. The largest absolute Gasteiger partial charge is 0.481 e. The maximum absolute atomic E-state index is 12.0. The fourth-order valence-corrected chi connectivity index (χ4v) is 2.91. The van der Waals surface area contributed by atoms with Crippen LogP contribution in [0.3, 0.4) is 0 Å². The molecule has 1 N–H and O–H groups in total. The fourth-order valence-electron chi connectivity index (χ4n) is 1.72. The van der Waals surface area contributed by atoms with Crippen LogP contribution in [0.1, 0.15) is 23.7 Å². The standard InChI is InChI=1S/C10H12N2O3S/c1-5-6(2)11-10-12(9(5)15)7(4-16-10)3-8(13)14/h7H,3-4H2,1-2H3,(H,13,14)/t7-/m0/s1. The van der Waals surface area contributed by atoms with Crippen LogP contribution in [0.5, 0.6) is 0 Å². The molecule has 86 valence electrons. The van der Waals surface area contributed by atoms with Crippen molar-refractivity contribution in [3.8, 4) is 0 Å². The molecule has 1 atom stereocenters. The lowest BCUT2D eigenvalue weighted by Gasteiger charge is -2.12. The number of carbonyl (C=O) groups is 1. The summed E-state index contributed by atoms with van der Waals surface area (Å²) in [4.78, 5) is 27.0. The van der Waals surface area contributed by atoms with Crippen molar-refractivity contribution in [2.75, 3.05) is 5.75 Å². The van der Waals surface area contributed by atoms with Crippen molar-refractivity contribution < 1.29 is 9.90 Å². The average Bonchev–Trinajstić information content (AvgIpc) is 2.57. The van der Waals surface area contributed by atoms with Crippen LogP contribution in [-0.2, 0) is 4.79 Å². The summed E-state index contributed by atoms with van der Waals surface area (Å²) in [6.45, 7) is 3.52. The minimum atomic E-state index is -0.886. The third-order valence-electron chi connectivity index (χ3n) is 2.73. The van der Waals surface area contributed by atoms with E-state index in [0.717, 1.165) is 5.69 Å². The number of aryl methyl sites for hydroxylation is 1. The molecular weight excluding hydrogens is 228 g/mol. The van der Waals surface area contributed by atoms with Gasteiger partial charge in [-0.15, -0.1) is 0 Å². The molecule has 0 radical (unpaired) electrons. The highest BCUT2D eigenvalue weighted by Crippen LogP contribution is 2.32. The van der Waals surface area contributed by atoms with Gasteiger partial charge in [0, 0.05) is 17.0 Å². The van der Waals surface area contributed by atoms with E-state index in [9.17, 15) is 9.59 Å². The van der Waals surface area contributed by atoms with Crippen LogP contribution >= 0.6 is 11.8 Å². The van der Waals surface area contributed by atoms with E-state index in [1.807, 2.05) is 0 Å². The molecule has 1 aromatic rings.